The summed E-state index contributed by atoms with van der Waals surface area (Å²) >= 11 is 5.89. The van der Waals surface area contributed by atoms with Crippen molar-refractivity contribution in [2.75, 3.05) is 0 Å². The van der Waals surface area contributed by atoms with E-state index in [1.165, 1.54) is 11.1 Å². The lowest BCUT2D eigenvalue weighted by Gasteiger charge is -2.08. The first kappa shape index (κ1) is 16.3. The highest BCUT2D eigenvalue weighted by molar-refractivity contribution is 6.30. The zero-order chi connectivity index (χ0) is 16.9. The van der Waals surface area contributed by atoms with Crippen LogP contribution in [0.15, 0.2) is 60.0 Å². The second-order valence-electron chi connectivity index (χ2n) is 5.71. The van der Waals surface area contributed by atoms with Crippen molar-refractivity contribution in [1.82, 2.24) is 9.97 Å². The molecule has 1 aromatic heterocycles. The van der Waals surface area contributed by atoms with Gasteiger partial charge in [-0.2, -0.15) is 0 Å². The molecule has 0 aliphatic rings. The molecule has 0 unspecified atom stereocenters. The van der Waals surface area contributed by atoms with E-state index < -0.39 is 0 Å². The summed E-state index contributed by atoms with van der Waals surface area (Å²) in [5.41, 5.74) is 11.6. The molecule has 0 aliphatic carbocycles. The smallest absolute Gasteiger partial charge is 0.125 e. The molecule has 0 spiro atoms. The Hall–Kier alpha value is -2.59. The number of rotatable bonds is 5. The van der Waals surface area contributed by atoms with Crippen LogP contribution in [0.1, 0.15) is 27.9 Å². The first-order valence-corrected chi connectivity index (χ1v) is 8.11. The van der Waals surface area contributed by atoms with Crippen LogP contribution < -0.4 is 5.73 Å². The molecule has 0 atom stereocenters. The maximum atomic E-state index is 6.13. The number of aliphatic imine (C=N–C) groups is 1. The van der Waals surface area contributed by atoms with Gasteiger partial charge in [-0.1, -0.05) is 35.9 Å². The number of aromatic amines is 1. The molecule has 2 aromatic carbocycles. The molecule has 0 aliphatic heterocycles. The molecule has 24 heavy (non-hydrogen) atoms. The highest BCUT2D eigenvalue weighted by Gasteiger charge is 2.05. The van der Waals surface area contributed by atoms with Gasteiger partial charge in [-0.15, -0.1) is 0 Å². The Kier molecular flexibility index (Phi) is 4.96. The molecule has 0 amide bonds. The van der Waals surface area contributed by atoms with E-state index in [1.54, 1.807) is 6.33 Å². The number of aryl methyl sites for hydroxylation is 1. The zero-order valence-corrected chi connectivity index (χ0v) is 14.2. The van der Waals surface area contributed by atoms with Crippen LogP contribution in [-0.4, -0.2) is 15.8 Å². The van der Waals surface area contributed by atoms with Crippen molar-refractivity contribution >= 4 is 17.4 Å². The molecule has 3 aromatic rings. The Morgan fingerprint density at radius 2 is 2.00 bits per heavy atom. The second kappa shape index (κ2) is 7.32. The summed E-state index contributed by atoms with van der Waals surface area (Å²) < 4.78 is 0. The third kappa shape index (κ3) is 4.03. The Morgan fingerprint density at radius 3 is 2.67 bits per heavy atom. The second-order valence-corrected chi connectivity index (χ2v) is 6.14. The van der Waals surface area contributed by atoms with Crippen molar-refractivity contribution in [2.45, 2.75) is 19.9 Å². The SMILES string of the molecule is Cc1cc(C(N)=NCc2ccc(Cl)cc2)ccc1Cc1c[nH]cn1. The molecule has 0 saturated carbocycles. The Morgan fingerprint density at radius 1 is 1.21 bits per heavy atom. The molecule has 3 rings (SSSR count). The minimum Gasteiger partial charge on any atom is -0.383 e. The summed E-state index contributed by atoms with van der Waals surface area (Å²) in [4.78, 5) is 11.7. The first-order chi connectivity index (χ1) is 11.6. The number of nitrogens with zero attached hydrogens (tertiary/aromatic N) is 2. The minimum atomic E-state index is 0.539. The molecule has 1 heterocycles. The van der Waals surface area contributed by atoms with Gasteiger partial charge in [0.25, 0.3) is 0 Å². The van der Waals surface area contributed by atoms with Crippen LogP contribution >= 0.6 is 11.6 Å². The summed E-state index contributed by atoms with van der Waals surface area (Å²) in [6, 6.07) is 13.8. The quantitative estimate of drug-likeness (QED) is 0.548. The Bertz CT molecular complexity index is 836. The summed E-state index contributed by atoms with van der Waals surface area (Å²) in [6.45, 7) is 2.62. The van der Waals surface area contributed by atoms with Gasteiger partial charge in [0.2, 0.25) is 0 Å². The number of amidine groups is 1. The van der Waals surface area contributed by atoms with E-state index >= 15 is 0 Å². The van der Waals surface area contributed by atoms with E-state index in [4.69, 9.17) is 17.3 Å². The normalized spacial score (nSPS) is 11.7. The van der Waals surface area contributed by atoms with Gasteiger partial charge < -0.3 is 10.7 Å². The number of aromatic nitrogens is 2. The number of halogens is 1. The molecular weight excluding hydrogens is 320 g/mol. The lowest BCUT2D eigenvalue weighted by molar-refractivity contribution is 1.06. The number of nitrogens with two attached hydrogens (primary N) is 1. The lowest BCUT2D eigenvalue weighted by atomic mass is 10.0. The zero-order valence-electron chi connectivity index (χ0n) is 13.5. The third-order valence-corrected chi connectivity index (χ3v) is 4.16. The predicted octanol–water partition coefficient (Wildman–Crippen LogP) is 3.87. The van der Waals surface area contributed by atoms with Crippen LogP contribution in [0.5, 0.6) is 0 Å². The molecule has 3 N–H and O–H groups in total. The fraction of sp³-hybridized carbons (Fsp3) is 0.158. The number of imidazole rings is 1. The summed E-state index contributed by atoms with van der Waals surface area (Å²) in [5.74, 6) is 0.541. The third-order valence-electron chi connectivity index (χ3n) is 3.91. The molecule has 0 bridgehead atoms. The molecular formula is C19H19ClN4. The number of nitrogens with one attached hydrogen (secondary N) is 1. The number of benzene rings is 2. The van der Waals surface area contributed by atoms with Crippen LogP contribution in [-0.2, 0) is 13.0 Å². The van der Waals surface area contributed by atoms with Gasteiger partial charge in [0.1, 0.15) is 5.84 Å². The summed E-state index contributed by atoms with van der Waals surface area (Å²) in [5, 5.41) is 0.721. The Balaban J connectivity index is 1.72. The van der Waals surface area contributed by atoms with Gasteiger partial charge >= 0.3 is 0 Å². The van der Waals surface area contributed by atoms with Crippen LogP contribution in [0.4, 0.5) is 0 Å². The lowest BCUT2D eigenvalue weighted by Crippen LogP contribution is -2.14. The van der Waals surface area contributed by atoms with Crippen molar-refractivity contribution < 1.29 is 0 Å². The highest BCUT2D eigenvalue weighted by Crippen LogP contribution is 2.15. The average molecular weight is 339 g/mol. The van der Waals surface area contributed by atoms with Crippen LogP contribution in [0.3, 0.4) is 0 Å². The maximum Gasteiger partial charge on any atom is 0.125 e. The van der Waals surface area contributed by atoms with Crippen molar-refractivity contribution in [3.63, 3.8) is 0 Å². The molecule has 122 valence electrons. The van der Waals surface area contributed by atoms with Crippen molar-refractivity contribution in [3.8, 4) is 0 Å². The van der Waals surface area contributed by atoms with Crippen molar-refractivity contribution in [2.24, 2.45) is 10.7 Å². The number of hydrogen-bond donors (Lipinski definition) is 2. The van der Waals surface area contributed by atoms with Gasteiger partial charge in [-0.25, -0.2) is 4.98 Å². The van der Waals surface area contributed by atoms with E-state index in [0.717, 1.165) is 28.3 Å². The van der Waals surface area contributed by atoms with Crippen LogP contribution in [0, 0.1) is 6.92 Å². The topological polar surface area (TPSA) is 67.1 Å². The first-order valence-electron chi connectivity index (χ1n) is 7.74. The van der Waals surface area contributed by atoms with Crippen LogP contribution in [0.25, 0.3) is 0 Å². The van der Waals surface area contributed by atoms with Crippen molar-refractivity contribution in [1.29, 1.82) is 0 Å². The van der Waals surface area contributed by atoms with E-state index in [9.17, 15) is 0 Å². The summed E-state index contributed by atoms with van der Waals surface area (Å²) in [7, 11) is 0. The molecule has 0 fully saturated rings. The van der Waals surface area contributed by atoms with Crippen LogP contribution in [0.2, 0.25) is 5.02 Å². The monoisotopic (exact) mass is 338 g/mol. The fourth-order valence-electron chi connectivity index (χ4n) is 2.49. The minimum absolute atomic E-state index is 0.539. The van der Waals surface area contributed by atoms with Gasteiger partial charge in [0.15, 0.2) is 0 Å². The average Bonchev–Trinajstić information content (AvgIpc) is 3.09. The van der Waals surface area contributed by atoms with Gasteiger partial charge in [0.05, 0.1) is 18.6 Å². The summed E-state index contributed by atoms with van der Waals surface area (Å²) in [6.07, 6.45) is 4.41. The molecule has 5 heteroatoms. The predicted molar refractivity (Wildman–Crippen MR) is 98.5 cm³/mol. The van der Waals surface area contributed by atoms with Crippen molar-refractivity contribution in [3.05, 3.63) is 88.0 Å². The Labute approximate surface area is 146 Å². The molecule has 0 radical (unpaired) electrons. The van der Waals surface area contributed by atoms with E-state index in [2.05, 4.69) is 34.0 Å². The highest BCUT2D eigenvalue weighted by atomic mass is 35.5. The fourth-order valence-corrected chi connectivity index (χ4v) is 2.62. The maximum absolute atomic E-state index is 6.13. The van der Waals surface area contributed by atoms with E-state index in [1.807, 2.05) is 36.5 Å². The van der Waals surface area contributed by atoms with E-state index in [-0.39, 0.29) is 0 Å². The molecule has 4 nitrogen and oxygen atoms in total. The largest absolute Gasteiger partial charge is 0.383 e. The number of hydrogen-bond acceptors (Lipinski definition) is 2. The van der Waals surface area contributed by atoms with Gasteiger partial charge in [-0.3, -0.25) is 4.99 Å². The van der Waals surface area contributed by atoms with E-state index in [0.29, 0.717) is 12.4 Å². The standard InChI is InChI=1S/C19H19ClN4/c1-13-8-16(5-4-15(13)9-18-11-22-12-24-18)19(21)23-10-14-2-6-17(20)7-3-14/h2-8,11-12H,9-10H2,1H3,(H2,21,23)(H,22,24). The van der Waals surface area contributed by atoms with Gasteiger partial charge in [0, 0.05) is 23.2 Å². The molecule has 0 saturated heterocycles. The van der Waals surface area contributed by atoms with Gasteiger partial charge in [-0.05, 0) is 41.8 Å². The number of H-pyrrole nitrogens is 1.